The highest BCUT2D eigenvalue weighted by molar-refractivity contribution is 7.94. The molecule has 0 saturated heterocycles. The number of urea groups is 1. The molecule has 0 atom stereocenters. The number of aromatic nitrogens is 2. The summed E-state index contributed by atoms with van der Waals surface area (Å²) in [6.07, 6.45) is 1.16. The first-order valence-corrected chi connectivity index (χ1v) is 12.7. The molecule has 0 aliphatic heterocycles. The molecular weight excluding hydrogens is 545 g/mol. The number of hydrogen-bond donors (Lipinski definition) is 3. The topological polar surface area (TPSA) is 155 Å². The molecule has 0 aliphatic carbocycles. The molecule has 0 bridgehead atoms. The average molecular weight is 558 g/mol. The standard InChI is InChI=1S/C19H13ClFN5O6S3/c20-16-5-6-17(33-16)35(29,30)25-19(28)24-10-1-4-15(13(21)7-10)26-9-23-14-3-2-11(34-32-31-22)8-12(14)18(26)27/h1-9H,22H2,(H2,24,25,28). The number of anilines is 1. The summed E-state index contributed by atoms with van der Waals surface area (Å²) in [5.41, 5.74) is -0.393. The number of halogens is 2. The van der Waals surface area contributed by atoms with Gasteiger partial charge in [0.15, 0.2) is 0 Å². The largest absolute Gasteiger partial charge is 0.333 e. The third-order valence-electron chi connectivity index (χ3n) is 4.40. The summed E-state index contributed by atoms with van der Waals surface area (Å²) in [4.78, 5) is 33.8. The van der Waals surface area contributed by atoms with Crippen molar-refractivity contribution in [1.82, 2.24) is 14.3 Å². The van der Waals surface area contributed by atoms with E-state index in [2.05, 4.69) is 19.6 Å². The Morgan fingerprint density at radius 3 is 2.69 bits per heavy atom. The molecule has 2 heterocycles. The van der Waals surface area contributed by atoms with E-state index >= 15 is 0 Å². The van der Waals surface area contributed by atoms with E-state index in [1.807, 2.05) is 0 Å². The number of carbonyl (C=O) groups excluding carboxylic acids is 1. The van der Waals surface area contributed by atoms with E-state index in [0.29, 0.717) is 10.4 Å². The van der Waals surface area contributed by atoms with E-state index in [9.17, 15) is 22.4 Å². The highest BCUT2D eigenvalue weighted by atomic mass is 35.5. The summed E-state index contributed by atoms with van der Waals surface area (Å²) in [7, 11) is -4.16. The Hall–Kier alpha value is -3.05. The maximum absolute atomic E-state index is 14.9. The van der Waals surface area contributed by atoms with Crippen LogP contribution in [0.25, 0.3) is 16.6 Å². The summed E-state index contributed by atoms with van der Waals surface area (Å²) in [5.74, 6) is 3.94. The van der Waals surface area contributed by atoms with Gasteiger partial charge in [0.1, 0.15) is 16.4 Å². The predicted molar refractivity (Wildman–Crippen MR) is 128 cm³/mol. The zero-order valence-corrected chi connectivity index (χ0v) is 20.3. The number of nitrogens with zero attached hydrogens (tertiary/aromatic N) is 2. The Morgan fingerprint density at radius 1 is 1.20 bits per heavy atom. The molecular formula is C19H13ClFN5O6S3. The van der Waals surface area contributed by atoms with Gasteiger partial charge in [0.05, 0.1) is 33.0 Å². The molecule has 2 aromatic carbocycles. The number of thiophene rings is 1. The molecule has 2 amide bonds. The fraction of sp³-hybridized carbons (Fsp3) is 0. The van der Waals surface area contributed by atoms with Crippen LogP contribution in [0.4, 0.5) is 14.9 Å². The molecule has 4 N–H and O–H groups in total. The van der Waals surface area contributed by atoms with Gasteiger partial charge in [-0.2, -0.15) is 5.90 Å². The molecule has 0 saturated carbocycles. The molecule has 2 aromatic heterocycles. The van der Waals surface area contributed by atoms with Gasteiger partial charge in [-0.1, -0.05) is 11.6 Å². The number of fused-ring (bicyclic) bond motifs is 1. The third-order valence-corrected chi connectivity index (χ3v) is 8.05. The first kappa shape index (κ1) is 25.1. The normalized spacial score (nSPS) is 11.5. The highest BCUT2D eigenvalue weighted by Crippen LogP contribution is 2.26. The average Bonchev–Trinajstić information content (AvgIpc) is 3.26. The fourth-order valence-electron chi connectivity index (χ4n) is 2.93. The minimum atomic E-state index is -4.16. The Labute approximate surface area is 209 Å². The quantitative estimate of drug-likeness (QED) is 0.176. The van der Waals surface area contributed by atoms with Gasteiger partial charge < -0.3 is 5.32 Å². The lowest BCUT2D eigenvalue weighted by Crippen LogP contribution is -2.34. The number of nitrogens with one attached hydrogen (secondary N) is 2. The summed E-state index contributed by atoms with van der Waals surface area (Å²) in [6, 6.07) is 9.64. The van der Waals surface area contributed by atoms with Crippen LogP contribution in [0.1, 0.15) is 0 Å². The smallest absolute Gasteiger partial charge is 0.307 e. The minimum absolute atomic E-state index is 0.0532. The van der Waals surface area contributed by atoms with Crippen LogP contribution in [0.3, 0.4) is 0 Å². The second kappa shape index (κ2) is 10.3. The van der Waals surface area contributed by atoms with Gasteiger partial charge in [0.2, 0.25) is 0 Å². The monoisotopic (exact) mass is 557 g/mol. The Morgan fingerprint density at radius 2 is 2.00 bits per heavy atom. The first-order chi connectivity index (χ1) is 16.7. The molecule has 35 heavy (non-hydrogen) atoms. The zero-order chi connectivity index (χ0) is 25.2. The van der Waals surface area contributed by atoms with Crippen molar-refractivity contribution in [2.24, 2.45) is 5.90 Å². The van der Waals surface area contributed by atoms with Crippen molar-refractivity contribution >= 4 is 67.6 Å². The van der Waals surface area contributed by atoms with E-state index in [1.165, 1.54) is 30.3 Å². The van der Waals surface area contributed by atoms with Crippen molar-refractivity contribution in [3.8, 4) is 5.69 Å². The Kier molecular flexibility index (Phi) is 7.36. The van der Waals surface area contributed by atoms with Crippen LogP contribution in [0.15, 0.2) is 68.8 Å². The van der Waals surface area contributed by atoms with Crippen molar-refractivity contribution in [2.45, 2.75) is 9.10 Å². The van der Waals surface area contributed by atoms with Crippen LogP contribution in [-0.2, 0) is 19.3 Å². The first-order valence-electron chi connectivity index (χ1n) is 9.28. The number of hydrogen-bond acceptors (Lipinski definition) is 10. The van der Waals surface area contributed by atoms with Gasteiger partial charge in [0, 0.05) is 10.6 Å². The molecule has 4 aromatic rings. The Bertz CT molecular complexity index is 1590. The maximum Gasteiger partial charge on any atom is 0.333 e. The maximum atomic E-state index is 14.9. The van der Waals surface area contributed by atoms with Gasteiger partial charge in [-0.05, 0) is 48.5 Å². The Balaban J connectivity index is 1.56. The summed E-state index contributed by atoms with van der Waals surface area (Å²) < 4.78 is 46.7. The molecule has 0 spiro atoms. The number of benzene rings is 2. The van der Waals surface area contributed by atoms with Crippen molar-refractivity contribution < 1.29 is 26.9 Å². The third kappa shape index (κ3) is 5.62. The highest BCUT2D eigenvalue weighted by Gasteiger charge is 2.20. The van der Waals surface area contributed by atoms with E-state index in [1.54, 1.807) is 16.9 Å². The van der Waals surface area contributed by atoms with Gasteiger partial charge in [-0.3, -0.25) is 9.36 Å². The molecule has 16 heteroatoms. The summed E-state index contributed by atoms with van der Waals surface area (Å²) in [5, 5.41) is 2.40. The van der Waals surface area contributed by atoms with Gasteiger partial charge >= 0.3 is 6.03 Å². The van der Waals surface area contributed by atoms with Crippen LogP contribution < -0.4 is 21.5 Å². The number of carbonyl (C=O) groups is 1. The van der Waals surface area contributed by atoms with Crippen molar-refractivity contribution in [3.63, 3.8) is 0 Å². The molecule has 0 unspecified atom stereocenters. The van der Waals surface area contributed by atoms with Gasteiger partial charge in [0.25, 0.3) is 15.6 Å². The SMILES string of the molecule is NOOSc1ccc2ncn(-c3ccc(NC(=O)NS(=O)(=O)c4ccc(Cl)s4)cc3F)c(=O)c2c1. The van der Waals surface area contributed by atoms with Crippen LogP contribution in [0.5, 0.6) is 0 Å². The van der Waals surface area contributed by atoms with Crippen LogP contribution in [-0.4, -0.2) is 24.0 Å². The summed E-state index contributed by atoms with van der Waals surface area (Å²) >= 11 is 7.26. The van der Waals surface area contributed by atoms with Gasteiger partial charge in [-0.25, -0.2) is 27.3 Å². The number of amides is 2. The fourth-order valence-corrected chi connectivity index (χ4v) is 5.73. The molecule has 0 aliphatic rings. The molecule has 0 fully saturated rings. The molecule has 0 radical (unpaired) electrons. The van der Waals surface area contributed by atoms with Crippen molar-refractivity contribution in [1.29, 1.82) is 0 Å². The molecule has 11 nitrogen and oxygen atoms in total. The second-order valence-electron chi connectivity index (χ2n) is 6.63. The van der Waals surface area contributed by atoms with Crippen molar-refractivity contribution in [3.05, 3.63) is 75.4 Å². The van der Waals surface area contributed by atoms with Gasteiger partial charge in [-0.15, -0.1) is 20.7 Å². The van der Waals surface area contributed by atoms with E-state index < -0.39 is 27.4 Å². The van der Waals surface area contributed by atoms with E-state index in [-0.39, 0.29) is 25.3 Å². The lowest BCUT2D eigenvalue weighted by molar-refractivity contribution is -0.195. The number of rotatable bonds is 7. The number of nitrogens with two attached hydrogens (primary N) is 1. The van der Waals surface area contributed by atoms with Crippen molar-refractivity contribution in [2.75, 3.05) is 5.32 Å². The van der Waals surface area contributed by atoms with Crippen LogP contribution in [0.2, 0.25) is 4.34 Å². The van der Waals surface area contributed by atoms with Crippen LogP contribution in [0, 0.1) is 5.82 Å². The second-order valence-corrected chi connectivity index (χ2v) is 11.0. The molecule has 182 valence electrons. The molecule has 4 rings (SSSR count). The lowest BCUT2D eigenvalue weighted by Gasteiger charge is -2.11. The minimum Gasteiger partial charge on any atom is -0.307 e. The van der Waals surface area contributed by atoms with E-state index in [4.69, 9.17) is 17.5 Å². The lowest BCUT2D eigenvalue weighted by atomic mass is 10.2. The van der Waals surface area contributed by atoms with E-state index in [0.717, 1.165) is 40.3 Å². The zero-order valence-electron chi connectivity index (χ0n) is 17.1. The predicted octanol–water partition coefficient (Wildman–Crippen LogP) is 3.58. The van der Waals surface area contributed by atoms with Crippen LogP contribution >= 0.6 is 35.0 Å². The summed E-state index contributed by atoms with van der Waals surface area (Å²) in [6.45, 7) is 0. The number of sulfonamides is 1.